The molecule has 140 valence electrons. The smallest absolute Gasteiger partial charge is 0.324 e. The Balaban J connectivity index is 1.64. The van der Waals surface area contributed by atoms with Gasteiger partial charge in [0, 0.05) is 17.3 Å². The van der Waals surface area contributed by atoms with Crippen molar-refractivity contribution in [2.75, 3.05) is 5.32 Å². The number of anilines is 1. The third-order valence-corrected chi connectivity index (χ3v) is 4.23. The summed E-state index contributed by atoms with van der Waals surface area (Å²) in [6, 6.07) is 16.6. The van der Waals surface area contributed by atoms with E-state index in [0.29, 0.717) is 22.9 Å². The van der Waals surface area contributed by atoms with Gasteiger partial charge in [-0.25, -0.2) is 23.3 Å². The van der Waals surface area contributed by atoms with Gasteiger partial charge in [0.2, 0.25) is 5.91 Å². The first kappa shape index (κ1) is 17.6. The van der Waals surface area contributed by atoms with Crippen LogP contribution in [0.1, 0.15) is 5.82 Å². The maximum absolute atomic E-state index is 13.0. The summed E-state index contributed by atoms with van der Waals surface area (Å²) < 4.78 is 15.4. The number of carbonyl (C=O) groups excluding carboxylic acids is 1. The van der Waals surface area contributed by atoms with Crippen LogP contribution in [0.25, 0.3) is 16.9 Å². The Morgan fingerprint density at radius 3 is 2.54 bits per heavy atom. The third-order valence-electron chi connectivity index (χ3n) is 4.23. The van der Waals surface area contributed by atoms with Gasteiger partial charge in [-0.3, -0.25) is 4.79 Å². The molecule has 1 amide bonds. The molecule has 0 aliphatic carbocycles. The zero-order valence-corrected chi connectivity index (χ0v) is 15.0. The van der Waals surface area contributed by atoms with Crippen LogP contribution in [0.3, 0.4) is 0 Å². The van der Waals surface area contributed by atoms with Crippen LogP contribution in [-0.4, -0.2) is 25.1 Å². The second kappa shape index (κ2) is 7.07. The van der Waals surface area contributed by atoms with Crippen molar-refractivity contribution >= 4 is 17.2 Å². The molecule has 2 heterocycles. The summed E-state index contributed by atoms with van der Waals surface area (Å²) in [5.41, 5.74) is 2.00. The van der Waals surface area contributed by atoms with E-state index in [4.69, 9.17) is 0 Å². The minimum atomic E-state index is -0.450. The third kappa shape index (κ3) is 3.39. The predicted molar refractivity (Wildman–Crippen MR) is 102 cm³/mol. The fourth-order valence-electron chi connectivity index (χ4n) is 2.93. The van der Waals surface area contributed by atoms with Gasteiger partial charge in [0.1, 0.15) is 18.2 Å². The summed E-state index contributed by atoms with van der Waals surface area (Å²) >= 11 is 0. The molecule has 0 unspecified atom stereocenters. The van der Waals surface area contributed by atoms with Crippen molar-refractivity contribution in [3.63, 3.8) is 0 Å². The monoisotopic (exact) mass is 377 g/mol. The molecule has 0 atom stereocenters. The summed E-state index contributed by atoms with van der Waals surface area (Å²) in [5.74, 6) is -0.357. The van der Waals surface area contributed by atoms with E-state index in [1.54, 1.807) is 13.0 Å². The van der Waals surface area contributed by atoms with Gasteiger partial charge in [-0.2, -0.15) is 0 Å². The van der Waals surface area contributed by atoms with Crippen LogP contribution < -0.4 is 11.0 Å². The lowest BCUT2D eigenvalue weighted by atomic mass is 10.1. The number of carbonyl (C=O) groups is 1. The molecule has 1 N–H and O–H groups in total. The Bertz CT molecular complexity index is 1210. The van der Waals surface area contributed by atoms with Crippen molar-refractivity contribution in [1.82, 2.24) is 19.2 Å². The molecule has 2 aromatic carbocycles. The fourth-order valence-corrected chi connectivity index (χ4v) is 2.93. The van der Waals surface area contributed by atoms with Gasteiger partial charge in [0.15, 0.2) is 5.65 Å². The zero-order chi connectivity index (χ0) is 19.7. The molecule has 0 aliphatic heterocycles. The van der Waals surface area contributed by atoms with Gasteiger partial charge in [0.25, 0.3) is 0 Å². The highest BCUT2D eigenvalue weighted by Crippen LogP contribution is 2.18. The molecule has 4 rings (SSSR count). The van der Waals surface area contributed by atoms with Gasteiger partial charge < -0.3 is 5.32 Å². The van der Waals surface area contributed by atoms with Crippen molar-refractivity contribution in [1.29, 1.82) is 0 Å². The maximum atomic E-state index is 13.0. The van der Waals surface area contributed by atoms with Crippen molar-refractivity contribution in [3.8, 4) is 11.3 Å². The molecule has 0 spiro atoms. The Morgan fingerprint density at radius 1 is 1.11 bits per heavy atom. The molecule has 0 saturated heterocycles. The highest BCUT2D eigenvalue weighted by molar-refractivity contribution is 5.90. The summed E-state index contributed by atoms with van der Waals surface area (Å²) in [5, 5.41) is 6.87. The largest absolute Gasteiger partial charge is 0.352 e. The number of rotatable bonds is 4. The van der Waals surface area contributed by atoms with E-state index < -0.39 is 17.4 Å². The Morgan fingerprint density at radius 2 is 1.82 bits per heavy atom. The normalized spacial score (nSPS) is 10.9. The highest BCUT2D eigenvalue weighted by atomic mass is 19.1. The maximum Gasteiger partial charge on any atom is 0.352 e. The number of nitrogens with zero attached hydrogens (tertiary/aromatic N) is 4. The number of hydrogen-bond acceptors (Lipinski definition) is 4. The van der Waals surface area contributed by atoms with Crippen molar-refractivity contribution in [2.24, 2.45) is 0 Å². The topological polar surface area (TPSA) is 81.3 Å². The van der Waals surface area contributed by atoms with E-state index in [9.17, 15) is 14.0 Å². The Hall–Kier alpha value is -3.81. The minimum absolute atomic E-state index is 0.266. The van der Waals surface area contributed by atoms with Crippen LogP contribution in [0, 0.1) is 12.7 Å². The van der Waals surface area contributed by atoms with Crippen LogP contribution in [0.5, 0.6) is 0 Å². The van der Waals surface area contributed by atoms with E-state index >= 15 is 0 Å². The summed E-state index contributed by atoms with van der Waals surface area (Å²) in [6.45, 7) is 1.45. The van der Waals surface area contributed by atoms with E-state index in [1.165, 1.54) is 28.7 Å². The number of fused-ring (bicyclic) bond motifs is 1. The fraction of sp³-hybridized carbons (Fsp3) is 0.100. The molecule has 2 aromatic heterocycles. The molecular weight excluding hydrogens is 361 g/mol. The number of nitrogens with one attached hydrogen (secondary N) is 1. The lowest BCUT2D eigenvalue weighted by molar-refractivity contribution is -0.117. The first-order chi connectivity index (χ1) is 13.5. The summed E-state index contributed by atoms with van der Waals surface area (Å²) in [4.78, 5) is 29.3. The first-order valence-corrected chi connectivity index (χ1v) is 8.59. The van der Waals surface area contributed by atoms with Gasteiger partial charge in [0.05, 0.1) is 5.69 Å². The molecule has 0 saturated carbocycles. The van der Waals surface area contributed by atoms with E-state index in [1.807, 2.05) is 30.3 Å². The average molecular weight is 377 g/mol. The molecule has 0 fully saturated rings. The predicted octanol–water partition coefficient (Wildman–Crippen LogP) is 2.64. The van der Waals surface area contributed by atoms with E-state index in [0.717, 1.165) is 10.2 Å². The number of benzene rings is 2. The van der Waals surface area contributed by atoms with Crippen molar-refractivity contribution in [2.45, 2.75) is 13.5 Å². The number of hydrogen-bond donors (Lipinski definition) is 1. The second-order valence-electron chi connectivity index (χ2n) is 6.24. The van der Waals surface area contributed by atoms with Crippen molar-refractivity contribution < 1.29 is 9.18 Å². The Labute approximate surface area is 159 Å². The molecule has 0 bridgehead atoms. The van der Waals surface area contributed by atoms with E-state index in [-0.39, 0.29) is 6.54 Å². The number of aromatic nitrogens is 4. The molecule has 8 heteroatoms. The van der Waals surface area contributed by atoms with Crippen LogP contribution >= 0.6 is 0 Å². The quantitative estimate of drug-likeness (QED) is 0.593. The van der Waals surface area contributed by atoms with Crippen LogP contribution in [-0.2, 0) is 11.3 Å². The summed E-state index contributed by atoms with van der Waals surface area (Å²) in [6.07, 6.45) is 0. The van der Waals surface area contributed by atoms with Crippen LogP contribution in [0.2, 0.25) is 0 Å². The molecule has 4 aromatic rings. The minimum Gasteiger partial charge on any atom is -0.324 e. The lowest BCUT2D eigenvalue weighted by Crippen LogP contribution is -2.28. The van der Waals surface area contributed by atoms with Gasteiger partial charge >= 0.3 is 5.69 Å². The van der Waals surface area contributed by atoms with Gasteiger partial charge in [-0.05, 0) is 31.2 Å². The number of aryl methyl sites for hydroxylation is 1. The zero-order valence-electron chi connectivity index (χ0n) is 15.0. The lowest BCUT2D eigenvalue weighted by Gasteiger charge is -2.04. The summed E-state index contributed by atoms with van der Waals surface area (Å²) in [7, 11) is 0. The van der Waals surface area contributed by atoms with Gasteiger partial charge in [-0.1, -0.05) is 30.3 Å². The number of halogens is 1. The first-order valence-electron chi connectivity index (χ1n) is 8.59. The molecule has 0 radical (unpaired) electrons. The molecule has 28 heavy (non-hydrogen) atoms. The van der Waals surface area contributed by atoms with Crippen LogP contribution in [0.15, 0.2) is 65.5 Å². The molecule has 7 nitrogen and oxygen atoms in total. The SMILES string of the molecule is Cc1nc(-c2ccccc2)cc2nn(CC(=O)Nc3ccc(F)cc3)c(=O)n12. The van der Waals surface area contributed by atoms with E-state index in [2.05, 4.69) is 15.4 Å². The average Bonchev–Trinajstić information content (AvgIpc) is 3.00. The molecular formula is C20H16FN5O2. The van der Waals surface area contributed by atoms with Gasteiger partial charge in [-0.15, -0.1) is 5.10 Å². The second-order valence-corrected chi connectivity index (χ2v) is 6.24. The number of amides is 1. The standard InChI is InChI=1S/C20H16FN5O2/c1-13-22-17(14-5-3-2-4-6-14)11-18-24-25(20(28)26(13)18)12-19(27)23-16-9-7-15(21)8-10-16/h2-11H,12H2,1H3,(H,23,27). The van der Waals surface area contributed by atoms with Crippen LogP contribution in [0.4, 0.5) is 10.1 Å². The van der Waals surface area contributed by atoms with Crippen molar-refractivity contribution in [3.05, 3.63) is 82.8 Å². The Kier molecular flexibility index (Phi) is 4.44. The highest BCUT2D eigenvalue weighted by Gasteiger charge is 2.14. The molecule has 0 aliphatic rings.